The van der Waals surface area contributed by atoms with Crippen molar-refractivity contribution in [3.05, 3.63) is 82.9 Å². The van der Waals surface area contributed by atoms with Gasteiger partial charge in [-0.15, -0.1) is 0 Å². The maximum atomic E-state index is 12.0. The second-order valence-corrected chi connectivity index (χ2v) is 6.46. The van der Waals surface area contributed by atoms with Crippen molar-refractivity contribution in [2.45, 2.75) is 6.92 Å². The molecule has 0 amide bonds. The monoisotopic (exact) mass is 340 g/mol. The fourth-order valence-electron chi connectivity index (χ4n) is 3.38. The van der Waals surface area contributed by atoms with Crippen molar-refractivity contribution >= 4 is 16.6 Å². The molecule has 0 spiro atoms. The van der Waals surface area contributed by atoms with Gasteiger partial charge in [0.25, 0.3) is 5.56 Å². The maximum Gasteiger partial charge on any atom is 0.272 e. The first-order valence-electron chi connectivity index (χ1n) is 8.44. The zero-order valence-electron chi connectivity index (χ0n) is 14.2. The van der Waals surface area contributed by atoms with Crippen molar-refractivity contribution in [1.29, 1.82) is 0 Å². The number of nitrogens with one attached hydrogen (secondary N) is 2. The molecule has 3 heterocycles. The summed E-state index contributed by atoms with van der Waals surface area (Å²) in [6, 6.07) is 18.2. The summed E-state index contributed by atoms with van der Waals surface area (Å²) in [5, 5.41) is 4.35. The highest BCUT2D eigenvalue weighted by atomic mass is 16.1. The van der Waals surface area contributed by atoms with E-state index in [4.69, 9.17) is 0 Å². The van der Waals surface area contributed by atoms with E-state index in [0.717, 1.165) is 33.5 Å². The van der Waals surface area contributed by atoms with Crippen LogP contribution in [0.3, 0.4) is 0 Å². The summed E-state index contributed by atoms with van der Waals surface area (Å²) in [6.07, 6.45) is 3.48. The molecule has 26 heavy (non-hydrogen) atoms. The lowest BCUT2D eigenvalue weighted by molar-refractivity contribution is 0.902. The van der Waals surface area contributed by atoms with E-state index < -0.39 is 0 Å². The average molecular weight is 340 g/mol. The molecular formula is C21H16N4O. The van der Waals surface area contributed by atoms with Crippen molar-refractivity contribution in [1.82, 2.24) is 19.6 Å². The Morgan fingerprint density at radius 2 is 1.81 bits per heavy atom. The lowest BCUT2D eigenvalue weighted by atomic mass is 9.97. The summed E-state index contributed by atoms with van der Waals surface area (Å²) >= 11 is 0. The maximum absolute atomic E-state index is 12.0. The molecule has 5 aromatic rings. The van der Waals surface area contributed by atoms with Gasteiger partial charge in [0.15, 0.2) is 5.65 Å². The Kier molecular flexibility index (Phi) is 3.09. The molecule has 0 aliphatic rings. The van der Waals surface area contributed by atoms with E-state index in [9.17, 15) is 4.79 Å². The van der Waals surface area contributed by atoms with Gasteiger partial charge in [-0.25, -0.2) is 9.50 Å². The Balaban J connectivity index is 1.68. The summed E-state index contributed by atoms with van der Waals surface area (Å²) in [7, 11) is 0. The van der Waals surface area contributed by atoms with E-state index in [1.807, 2.05) is 12.3 Å². The molecule has 0 aliphatic heterocycles. The molecule has 126 valence electrons. The Labute approximate surface area is 148 Å². The third kappa shape index (κ3) is 2.25. The number of rotatable bonds is 2. The van der Waals surface area contributed by atoms with Crippen LogP contribution in [-0.2, 0) is 0 Å². The van der Waals surface area contributed by atoms with Crippen molar-refractivity contribution in [3.63, 3.8) is 0 Å². The SMILES string of the molecule is Cc1ccc(-c2ccc3[nH]ccc3c2)cc1-c1cc2nccc(=O)n2[nH]1. The standard InChI is InChI=1S/C21H16N4O/c1-13-2-3-15(14-4-5-18-16(10-14)6-8-22-18)11-17(13)19-12-20-23-9-7-21(26)25(20)24-19/h2-12,22,24H,1H3. The zero-order chi connectivity index (χ0) is 17.7. The smallest absolute Gasteiger partial charge is 0.272 e. The Bertz CT molecular complexity index is 1320. The number of benzene rings is 2. The number of aromatic nitrogens is 4. The summed E-state index contributed by atoms with van der Waals surface area (Å²) < 4.78 is 1.47. The molecule has 2 N–H and O–H groups in total. The van der Waals surface area contributed by atoms with Gasteiger partial charge in [-0.3, -0.25) is 9.89 Å². The topological polar surface area (TPSA) is 65.9 Å². The molecule has 0 fully saturated rings. The van der Waals surface area contributed by atoms with Crippen LogP contribution in [0.1, 0.15) is 5.56 Å². The predicted octanol–water partition coefficient (Wildman–Crippen LogP) is 4.15. The summed E-state index contributed by atoms with van der Waals surface area (Å²) in [5.74, 6) is 0. The third-order valence-electron chi connectivity index (χ3n) is 4.79. The van der Waals surface area contributed by atoms with Gasteiger partial charge in [-0.05, 0) is 53.3 Å². The second-order valence-electron chi connectivity index (χ2n) is 6.46. The minimum absolute atomic E-state index is 0.118. The van der Waals surface area contributed by atoms with Crippen molar-refractivity contribution < 1.29 is 0 Å². The zero-order valence-corrected chi connectivity index (χ0v) is 14.2. The number of fused-ring (bicyclic) bond motifs is 2. The summed E-state index contributed by atoms with van der Waals surface area (Å²) in [4.78, 5) is 19.5. The first-order chi connectivity index (χ1) is 12.7. The molecule has 3 aromatic heterocycles. The van der Waals surface area contributed by atoms with Gasteiger partial charge >= 0.3 is 0 Å². The van der Waals surface area contributed by atoms with E-state index in [-0.39, 0.29) is 5.56 Å². The van der Waals surface area contributed by atoms with Crippen LogP contribution in [0.25, 0.3) is 38.9 Å². The molecular weight excluding hydrogens is 324 g/mol. The second kappa shape index (κ2) is 5.46. The number of aromatic amines is 2. The van der Waals surface area contributed by atoms with Crippen molar-refractivity contribution in [3.8, 4) is 22.4 Å². The highest BCUT2D eigenvalue weighted by Gasteiger charge is 2.10. The number of nitrogens with zero attached hydrogens (tertiary/aromatic N) is 2. The van der Waals surface area contributed by atoms with E-state index >= 15 is 0 Å². The van der Waals surface area contributed by atoms with Crippen LogP contribution >= 0.6 is 0 Å². The fourth-order valence-corrected chi connectivity index (χ4v) is 3.38. The minimum Gasteiger partial charge on any atom is -0.361 e. The van der Waals surface area contributed by atoms with E-state index in [0.29, 0.717) is 5.65 Å². The largest absolute Gasteiger partial charge is 0.361 e. The molecule has 2 aromatic carbocycles. The van der Waals surface area contributed by atoms with Crippen LogP contribution in [0, 0.1) is 6.92 Å². The summed E-state index contributed by atoms with van der Waals surface area (Å²) in [5.41, 5.74) is 6.99. The number of hydrogen-bond donors (Lipinski definition) is 2. The lowest BCUT2D eigenvalue weighted by Gasteiger charge is -2.08. The third-order valence-corrected chi connectivity index (χ3v) is 4.79. The van der Waals surface area contributed by atoms with Gasteiger partial charge in [0.05, 0.1) is 5.69 Å². The van der Waals surface area contributed by atoms with Crippen LogP contribution in [0.4, 0.5) is 0 Å². The molecule has 5 nitrogen and oxygen atoms in total. The van der Waals surface area contributed by atoms with Crippen LogP contribution in [0.15, 0.2) is 71.8 Å². The quantitative estimate of drug-likeness (QED) is 0.507. The Morgan fingerprint density at radius 3 is 2.69 bits per heavy atom. The molecule has 5 heteroatoms. The van der Waals surface area contributed by atoms with Gasteiger partial charge in [0.2, 0.25) is 0 Å². The van der Waals surface area contributed by atoms with Crippen LogP contribution in [0.5, 0.6) is 0 Å². The molecule has 5 rings (SSSR count). The van der Waals surface area contributed by atoms with Crippen molar-refractivity contribution in [2.75, 3.05) is 0 Å². The molecule has 0 atom stereocenters. The average Bonchev–Trinajstić information content (AvgIpc) is 3.28. The molecule has 0 saturated carbocycles. The van der Waals surface area contributed by atoms with Gasteiger partial charge in [0, 0.05) is 35.6 Å². The van der Waals surface area contributed by atoms with E-state index in [1.54, 1.807) is 0 Å². The molecule has 0 radical (unpaired) electrons. The molecule has 0 unspecified atom stereocenters. The normalized spacial score (nSPS) is 11.4. The summed E-state index contributed by atoms with van der Waals surface area (Å²) in [6.45, 7) is 2.07. The van der Waals surface area contributed by atoms with Crippen LogP contribution in [0.2, 0.25) is 0 Å². The molecule has 0 saturated heterocycles. The number of hydrogen-bond acceptors (Lipinski definition) is 2. The first-order valence-corrected chi connectivity index (χ1v) is 8.44. The van der Waals surface area contributed by atoms with Gasteiger partial charge in [-0.1, -0.05) is 18.2 Å². The van der Waals surface area contributed by atoms with E-state index in [1.165, 1.54) is 22.2 Å². The molecule has 0 bridgehead atoms. The highest BCUT2D eigenvalue weighted by Crippen LogP contribution is 2.30. The Hall–Kier alpha value is -3.60. The van der Waals surface area contributed by atoms with E-state index in [2.05, 4.69) is 64.5 Å². The Morgan fingerprint density at radius 1 is 0.962 bits per heavy atom. The van der Waals surface area contributed by atoms with Gasteiger partial charge < -0.3 is 4.98 Å². The highest BCUT2D eigenvalue weighted by molar-refractivity contribution is 5.86. The first kappa shape index (κ1) is 14.7. The van der Waals surface area contributed by atoms with Crippen LogP contribution in [-0.4, -0.2) is 19.6 Å². The van der Waals surface area contributed by atoms with Crippen LogP contribution < -0.4 is 5.56 Å². The van der Waals surface area contributed by atoms with Gasteiger partial charge in [-0.2, -0.15) is 0 Å². The number of aryl methyl sites for hydroxylation is 1. The molecule has 0 aliphatic carbocycles. The lowest BCUT2D eigenvalue weighted by Crippen LogP contribution is -2.12. The van der Waals surface area contributed by atoms with Gasteiger partial charge in [0.1, 0.15) is 0 Å². The number of H-pyrrole nitrogens is 2. The van der Waals surface area contributed by atoms with Crippen molar-refractivity contribution in [2.24, 2.45) is 0 Å². The fraction of sp³-hybridized carbons (Fsp3) is 0.0476. The predicted molar refractivity (Wildman–Crippen MR) is 103 cm³/mol. The minimum atomic E-state index is -0.118.